The summed E-state index contributed by atoms with van der Waals surface area (Å²) in [6.07, 6.45) is 2.50. The second kappa shape index (κ2) is 6.77. The minimum atomic E-state index is 0.721. The van der Waals surface area contributed by atoms with E-state index in [0.717, 1.165) is 25.6 Å². The van der Waals surface area contributed by atoms with Gasteiger partial charge in [0.15, 0.2) is 0 Å². The molecule has 0 unspecified atom stereocenters. The largest absolute Gasteiger partial charge is 0.371 e. The SMILES string of the molecule is CNCc1ccccc1N1CCC(c2ccccc2)CC1. The molecule has 2 nitrogen and oxygen atoms in total. The van der Waals surface area contributed by atoms with Gasteiger partial charge in [-0.05, 0) is 43.0 Å². The van der Waals surface area contributed by atoms with E-state index in [4.69, 9.17) is 0 Å². The van der Waals surface area contributed by atoms with Crippen LogP contribution in [0.1, 0.15) is 29.9 Å². The summed E-state index contributed by atoms with van der Waals surface area (Å²) in [6, 6.07) is 19.7. The molecule has 0 saturated carbocycles. The van der Waals surface area contributed by atoms with E-state index < -0.39 is 0 Å². The van der Waals surface area contributed by atoms with Crippen LogP contribution in [0.25, 0.3) is 0 Å². The maximum absolute atomic E-state index is 3.27. The molecule has 0 atom stereocenters. The van der Waals surface area contributed by atoms with Gasteiger partial charge in [0, 0.05) is 25.3 Å². The van der Waals surface area contributed by atoms with Crippen molar-refractivity contribution in [3.8, 4) is 0 Å². The van der Waals surface area contributed by atoms with E-state index in [1.165, 1.54) is 29.7 Å². The summed E-state index contributed by atoms with van der Waals surface area (Å²) >= 11 is 0. The molecule has 1 aliphatic rings. The number of rotatable bonds is 4. The van der Waals surface area contributed by atoms with Gasteiger partial charge in [0.2, 0.25) is 0 Å². The number of anilines is 1. The molecule has 21 heavy (non-hydrogen) atoms. The summed E-state index contributed by atoms with van der Waals surface area (Å²) in [6.45, 7) is 3.25. The third-order valence-corrected chi connectivity index (χ3v) is 4.47. The summed E-state index contributed by atoms with van der Waals surface area (Å²) in [7, 11) is 2.01. The average Bonchev–Trinajstić information content (AvgIpc) is 2.57. The topological polar surface area (TPSA) is 15.3 Å². The van der Waals surface area contributed by atoms with Crippen LogP contribution < -0.4 is 10.2 Å². The highest BCUT2D eigenvalue weighted by molar-refractivity contribution is 5.54. The van der Waals surface area contributed by atoms with Gasteiger partial charge in [0.25, 0.3) is 0 Å². The normalized spacial score (nSPS) is 16.1. The van der Waals surface area contributed by atoms with Crippen LogP contribution in [0.5, 0.6) is 0 Å². The Morgan fingerprint density at radius 2 is 1.62 bits per heavy atom. The molecule has 2 heteroatoms. The van der Waals surface area contributed by atoms with Gasteiger partial charge in [0.1, 0.15) is 0 Å². The summed E-state index contributed by atoms with van der Waals surface area (Å²) in [5, 5.41) is 3.27. The molecular formula is C19H24N2. The lowest BCUT2D eigenvalue weighted by atomic mass is 9.89. The first-order chi connectivity index (χ1) is 10.4. The lowest BCUT2D eigenvalue weighted by Gasteiger charge is -2.35. The van der Waals surface area contributed by atoms with Crippen molar-refractivity contribution >= 4 is 5.69 Å². The highest BCUT2D eigenvalue weighted by atomic mass is 15.1. The van der Waals surface area contributed by atoms with Gasteiger partial charge in [-0.3, -0.25) is 0 Å². The molecule has 1 aliphatic heterocycles. The third kappa shape index (κ3) is 3.27. The Bertz CT molecular complexity index is 557. The van der Waals surface area contributed by atoms with Crippen molar-refractivity contribution in [2.24, 2.45) is 0 Å². The second-order valence-corrected chi connectivity index (χ2v) is 5.83. The van der Waals surface area contributed by atoms with Crippen LogP contribution in [0.15, 0.2) is 54.6 Å². The zero-order valence-electron chi connectivity index (χ0n) is 12.8. The van der Waals surface area contributed by atoms with Crippen molar-refractivity contribution in [1.82, 2.24) is 5.32 Å². The lowest BCUT2D eigenvalue weighted by molar-refractivity contribution is 0.504. The Balaban J connectivity index is 1.69. The number of nitrogens with zero attached hydrogens (tertiary/aromatic N) is 1. The average molecular weight is 280 g/mol. The van der Waals surface area contributed by atoms with Gasteiger partial charge in [0.05, 0.1) is 0 Å². The zero-order valence-corrected chi connectivity index (χ0v) is 12.8. The summed E-state index contributed by atoms with van der Waals surface area (Å²) in [5.74, 6) is 0.721. The van der Waals surface area contributed by atoms with E-state index in [1.807, 2.05) is 7.05 Å². The van der Waals surface area contributed by atoms with Gasteiger partial charge in [-0.15, -0.1) is 0 Å². The fraction of sp³-hybridized carbons (Fsp3) is 0.368. The molecule has 0 spiro atoms. The van der Waals surface area contributed by atoms with Crippen LogP contribution in [-0.2, 0) is 6.54 Å². The lowest BCUT2D eigenvalue weighted by Crippen LogP contribution is -2.33. The van der Waals surface area contributed by atoms with E-state index >= 15 is 0 Å². The molecule has 1 N–H and O–H groups in total. The van der Waals surface area contributed by atoms with E-state index in [-0.39, 0.29) is 0 Å². The van der Waals surface area contributed by atoms with Crippen molar-refractivity contribution in [3.05, 3.63) is 65.7 Å². The minimum Gasteiger partial charge on any atom is -0.371 e. The quantitative estimate of drug-likeness (QED) is 0.916. The van der Waals surface area contributed by atoms with E-state index in [0.29, 0.717) is 0 Å². The van der Waals surface area contributed by atoms with Crippen LogP contribution in [0.4, 0.5) is 5.69 Å². The first kappa shape index (κ1) is 14.2. The Hall–Kier alpha value is -1.80. The van der Waals surface area contributed by atoms with Crippen LogP contribution >= 0.6 is 0 Å². The van der Waals surface area contributed by atoms with Crippen molar-refractivity contribution in [2.45, 2.75) is 25.3 Å². The second-order valence-electron chi connectivity index (χ2n) is 5.83. The smallest absolute Gasteiger partial charge is 0.0411 e. The molecule has 0 aliphatic carbocycles. The molecular weight excluding hydrogens is 256 g/mol. The van der Waals surface area contributed by atoms with Crippen LogP contribution in [0, 0.1) is 0 Å². The number of nitrogens with one attached hydrogen (secondary N) is 1. The highest BCUT2D eigenvalue weighted by Gasteiger charge is 2.21. The first-order valence-corrected chi connectivity index (χ1v) is 7.91. The fourth-order valence-corrected chi connectivity index (χ4v) is 3.34. The van der Waals surface area contributed by atoms with Crippen LogP contribution in [-0.4, -0.2) is 20.1 Å². The maximum atomic E-state index is 3.27. The zero-order chi connectivity index (χ0) is 14.5. The highest BCUT2D eigenvalue weighted by Crippen LogP contribution is 2.31. The monoisotopic (exact) mass is 280 g/mol. The maximum Gasteiger partial charge on any atom is 0.0411 e. The molecule has 0 amide bonds. The molecule has 0 aromatic heterocycles. The van der Waals surface area contributed by atoms with E-state index in [9.17, 15) is 0 Å². The van der Waals surface area contributed by atoms with Crippen molar-refractivity contribution < 1.29 is 0 Å². The van der Waals surface area contributed by atoms with Gasteiger partial charge in [-0.25, -0.2) is 0 Å². The van der Waals surface area contributed by atoms with Crippen LogP contribution in [0.3, 0.4) is 0 Å². The molecule has 0 radical (unpaired) electrons. The van der Waals surface area contributed by atoms with Crippen molar-refractivity contribution in [3.63, 3.8) is 0 Å². The number of hydrogen-bond acceptors (Lipinski definition) is 2. The molecule has 2 aromatic rings. The van der Waals surface area contributed by atoms with E-state index in [1.54, 1.807) is 0 Å². The third-order valence-electron chi connectivity index (χ3n) is 4.47. The molecule has 1 saturated heterocycles. The molecule has 2 aromatic carbocycles. The minimum absolute atomic E-state index is 0.721. The Morgan fingerprint density at radius 1 is 0.952 bits per heavy atom. The van der Waals surface area contributed by atoms with Gasteiger partial charge in [-0.1, -0.05) is 48.5 Å². The van der Waals surface area contributed by atoms with Gasteiger partial charge >= 0.3 is 0 Å². The van der Waals surface area contributed by atoms with Crippen molar-refractivity contribution in [2.75, 3.05) is 25.0 Å². The first-order valence-electron chi connectivity index (χ1n) is 7.91. The number of hydrogen-bond donors (Lipinski definition) is 1. The Kier molecular flexibility index (Phi) is 4.56. The Morgan fingerprint density at radius 3 is 2.33 bits per heavy atom. The number of para-hydroxylation sites is 1. The number of piperidine rings is 1. The number of benzene rings is 2. The van der Waals surface area contributed by atoms with Crippen molar-refractivity contribution in [1.29, 1.82) is 0 Å². The fourth-order valence-electron chi connectivity index (χ4n) is 3.34. The molecule has 1 heterocycles. The predicted octanol–water partition coefficient (Wildman–Crippen LogP) is 3.79. The molecule has 0 bridgehead atoms. The summed E-state index contributed by atoms with van der Waals surface area (Å²) in [5.41, 5.74) is 4.30. The van der Waals surface area contributed by atoms with Gasteiger partial charge < -0.3 is 10.2 Å². The predicted molar refractivity (Wildman–Crippen MR) is 89.8 cm³/mol. The molecule has 3 rings (SSSR count). The standard InChI is InChI=1S/C19H24N2/c1-20-15-18-9-5-6-10-19(18)21-13-11-17(12-14-21)16-7-3-2-4-8-16/h2-10,17,20H,11-15H2,1H3. The van der Waals surface area contributed by atoms with E-state index in [2.05, 4.69) is 64.8 Å². The summed E-state index contributed by atoms with van der Waals surface area (Å²) in [4.78, 5) is 2.55. The molecule has 110 valence electrons. The molecule has 1 fully saturated rings. The summed E-state index contributed by atoms with van der Waals surface area (Å²) < 4.78 is 0. The van der Waals surface area contributed by atoms with Crippen LogP contribution in [0.2, 0.25) is 0 Å². The Labute approximate surface area is 127 Å². The van der Waals surface area contributed by atoms with Gasteiger partial charge in [-0.2, -0.15) is 0 Å².